The van der Waals surface area contributed by atoms with Crippen LogP contribution < -0.4 is 5.32 Å². The van der Waals surface area contributed by atoms with Gasteiger partial charge in [0.1, 0.15) is 0 Å². The summed E-state index contributed by atoms with van der Waals surface area (Å²) in [5.74, 6) is -0.906. The highest BCUT2D eigenvalue weighted by Crippen LogP contribution is 1.95. The SMILES string of the molecule is COC(=O)/C=C(\C)N/C(C)=C/C(=O)OC. The lowest BCUT2D eigenvalue weighted by Crippen LogP contribution is -2.12. The number of ether oxygens (including phenoxy) is 2. The van der Waals surface area contributed by atoms with Crippen LogP contribution in [0.2, 0.25) is 0 Å². The summed E-state index contributed by atoms with van der Waals surface area (Å²) in [5.41, 5.74) is 1.17. The van der Waals surface area contributed by atoms with Gasteiger partial charge in [0.05, 0.1) is 14.2 Å². The third-order valence-electron chi connectivity index (χ3n) is 1.47. The van der Waals surface area contributed by atoms with Gasteiger partial charge in [-0.1, -0.05) is 0 Å². The maximum atomic E-state index is 10.8. The summed E-state index contributed by atoms with van der Waals surface area (Å²) in [5, 5.41) is 2.83. The molecule has 0 rings (SSSR count). The molecule has 5 heteroatoms. The first-order valence-corrected chi connectivity index (χ1v) is 4.29. The van der Waals surface area contributed by atoms with Gasteiger partial charge in [0.15, 0.2) is 0 Å². The highest BCUT2D eigenvalue weighted by molar-refractivity contribution is 5.83. The van der Waals surface area contributed by atoms with E-state index in [4.69, 9.17) is 0 Å². The number of allylic oxidation sites excluding steroid dienone is 2. The first kappa shape index (κ1) is 13.2. The molecular formula is C10H15NO4. The van der Waals surface area contributed by atoms with Crippen LogP contribution in [-0.2, 0) is 19.1 Å². The van der Waals surface area contributed by atoms with Gasteiger partial charge in [-0.15, -0.1) is 0 Å². The van der Waals surface area contributed by atoms with E-state index in [0.717, 1.165) is 0 Å². The van der Waals surface area contributed by atoms with Crippen LogP contribution in [-0.4, -0.2) is 26.2 Å². The van der Waals surface area contributed by atoms with Gasteiger partial charge < -0.3 is 14.8 Å². The van der Waals surface area contributed by atoms with Gasteiger partial charge in [0.2, 0.25) is 0 Å². The summed E-state index contributed by atoms with van der Waals surface area (Å²) in [6.07, 6.45) is 2.57. The lowest BCUT2D eigenvalue weighted by molar-refractivity contribution is -0.135. The molecule has 1 N–H and O–H groups in total. The molecule has 0 saturated carbocycles. The molecule has 0 aromatic rings. The second kappa shape index (κ2) is 6.64. The fourth-order valence-electron chi connectivity index (χ4n) is 0.855. The third-order valence-corrected chi connectivity index (χ3v) is 1.47. The van der Waals surface area contributed by atoms with Crippen molar-refractivity contribution in [3.63, 3.8) is 0 Å². The van der Waals surface area contributed by atoms with Gasteiger partial charge in [-0.3, -0.25) is 0 Å². The lowest BCUT2D eigenvalue weighted by atomic mass is 10.3. The molecule has 0 heterocycles. The van der Waals surface area contributed by atoms with E-state index in [-0.39, 0.29) is 0 Å². The average molecular weight is 213 g/mol. The summed E-state index contributed by atoms with van der Waals surface area (Å²) >= 11 is 0. The Bertz CT molecular complexity index is 275. The Morgan fingerprint density at radius 1 is 0.933 bits per heavy atom. The van der Waals surface area contributed by atoms with E-state index in [1.54, 1.807) is 13.8 Å². The Morgan fingerprint density at radius 3 is 1.53 bits per heavy atom. The molecular weight excluding hydrogens is 198 g/mol. The Balaban J connectivity index is 4.35. The molecule has 0 atom stereocenters. The topological polar surface area (TPSA) is 64.6 Å². The smallest absolute Gasteiger partial charge is 0.332 e. The molecule has 0 aliphatic heterocycles. The van der Waals surface area contributed by atoms with Crippen molar-refractivity contribution in [1.82, 2.24) is 5.32 Å². The lowest BCUT2D eigenvalue weighted by Gasteiger charge is -2.05. The molecule has 0 bridgehead atoms. The van der Waals surface area contributed by atoms with Crippen molar-refractivity contribution < 1.29 is 19.1 Å². The minimum atomic E-state index is -0.453. The van der Waals surface area contributed by atoms with Crippen molar-refractivity contribution in [2.45, 2.75) is 13.8 Å². The zero-order valence-electron chi connectivity index (χ0n) is 9.29. The van der Waals surface area contributed by atoms with E-state index in [0.29, 0.717) is 11.4 Å². The molecule has 0 radical (unpaired) electrons. The van der Waals surface area contributed by atoms with E-state index in [1.165, 1.54) is 26.4 Å². The van der Waals surface area contributed by atoms with Gasteiger partial charge in [-0.05, 0) is 13.8 Å². The van der Waals surface area contributed by atoms with Gasteiger partial charge >= 0.3 is 11.9 Å². The molecule has 0 amide bonds. The molecule has 0 saturated heterocycles. The fourth-order valence-corrected chi connectivity index (χ4v) is 0.855. The minimum absolute atomic E-state index is 0.453. The zero-order valence-corrected chi connectivity index (χ0v) is 9.29. The minimum Gasteiger partial charge on any atom is -0.466 e. The third kappa shape index (κ3) is 6.31. The van der Waals surface area contributed by atoms with Crippen molar-refractivity contribution in [2.24, 2.45) is 0 Å². The largest absolute Gasteiger partial charge is 0.466 e. The first-order chi connectivity index (χ1) is 6.99. The van der Waals surface area contributed by atoms with E-state index in [1.807, 2.05) is 0 Å². The van der Waals surface area contributed by atoms with Crippen LogP contribution in [0.25, 0.3) is 0 Å². The zero-order chi connectivity index (χ0) is 11.8. The molecule has 0 aliphatic rings. The molecule has 84 valence electrons. The second-order valence-corrected chi connectivity index (χ2v) is 2.83. The summed E-state index contributed by atoms with van der Waals surface area (Å²) < 4.78 is 8.88. The van der Waals surface area contributed by atoms with Crippen molar-refractivity contribution in [3.05, 3.63) is 23.5 Å². The Hall–Kier alpha value is -1.78. The first-order valence-electron chi connectivity index (χ1n) is 4.29. The predicted molar refractivity (Wildman–Crippen MR) is 54.7 cm³/mol. The number of carbonyl (C=O) groups is 2. The summed E-state index contributed by atoms with van der Waals surface area (Å²) in [6.45, 7) is 3.37. The van der Waals surface area contributed by atoms with E-state index < -0.39 is 11.9 Å². The number of nitrogens with one attached hydrogen (secondary N) is 1. The monoisotopic (exact) mass is 213 g/mol. The highest BCUT2D eigenvalue weighted by Gasteiger charge is 1.99. The van der Waals surface area contributed by atoms with Crippen LogP contribution in [0.4, 0.5) is 0 Å². The predicted octanol–water partition coefficient (Wildman–Crippen LogP) is 0.730. The Morgan fingerprint density at radius 2 is 1.27 bits per heavy atom. The van der Waals surface area contributed by atoms with Gasteiger partial charge in [0.25, 0.3) is 0 Å². The normalized spacial score (nSPS) is 12.0. The van der Waals surface area contributed by atoms with Crippen LogP contribution >= 0.6 is 0 Å². The summed E-state index contributed by atoms with van der Waals surface area (Å²) in [4.78, 5) is 21.7. The van der Waals surface area contributed by atoms with E-state index in [2.05, 4.69) is 14.8 Å². The highest BCUT2D eigenvalue weighted by atomic mass is 16.5. The number of carbonyl (C=O) groups excluding carboxylic acids is 2. The summed E-state index contributed by atoms with van der Waals surface area (Å²) in [6, 6.07) is 0. The maximum Gasteiger partial charge on any atom is 0.332 e. The Kier molecular flexibility index (Phi) is 5.85. The van der Waals surface area contributed by atoms with Crippen molar-refractivity contribution in [3.8, 4) is 0 Å². The molecule has 0 unspecified atom stereocenters. The standard InChI is InChI=1S/C10H15NO4/c1-7(5-9(12)14-3)11-8(2)6-10(13)15-4/h5-6,11H,1-4H3/b7-5+,8-6+. The Labute approximate surface area is 88.7 Å². The van der Waals surface area contributed by atoms with Gasteiger partial charge in [-0.25, -0.2) is 9.59 Å². The quantitative estimate of drug-likeness (QED) is 0.551. The van der Waals surface area contributed by atoms with Crippen LogP contribution in [0.3, 0.4) is 0 Å². The fraction of sp³-hybridized carbons (Fsp3) is 0.400. The van der Waals surface area contributed by atoms with E-state index >= 15 is 0 Å². The van der Waals surface area contributed by atoms with Crippen molar-refractivity contribution in [1.29, 1.82) is 0 Å². The maximum absolute atomic E-state index is 10.8. The van der Waals surface area contributed by atoms with Gasteiger partial charge in [-0.2, -0.15) is 0 Å². The average Bonchev–Trinajstić information content (AvgIpc) is 2.16. The molecule has 0 aromatic carbocycles. The number of methoxy groups -OCH3 is 2. The number of hydrogen-bond donors (Lipinski definition) is 1. The van der Waals surface area contributed by atoms with Crippen molar-refractivity contribution >= 4 is 11.9 Å². The van der Waals surface area contributed by atoms with Crippen LogP contribution in [0.1, 0.15) is 13.8 Å². The molecule has 0 fully saturated rings. The molecule has 0 spiro atoms. The van der Waals surface area contributed by atoms with Crippen LogP contribution in [0.15, 0.2) is 23.5 Å². The van der Waals surface area contributed by atoms with Crippen LogP contribution in [0, 0.1) is 0 Å². The van der Waals surface area contributed by atoms with E-state index in [9.17, 15) is 9.59 Å². The number of esters is 2. The molecule has 15 heavy (non-hydrogen) atoms. The number of rotatable bonds is 4. The molecule has 5 nitrogen and oxygen atoms in total. The number of hydrogen-bond acceptors (Lipinski definition) is 5. The van der Waals surface area contributed by atoms with Gasteiger partial charge in [0, 0.05) is 23.5 Å². The van der Waals surface area contributed by atoms with Crippen molar-refractivity contribution in [2.75, 3.05) is 14.2 Å². The second-order valence-electron chi connectivity index (χ2n) is 2.83. The molecule has 0 aromatic heterocycles. The van der Waals surface area contributed by atoms with Crippen LogP contribution in [0.5, 0.6) is 0 Å². The molecule has 0 aliphatic carbocycles. The summed E-state index contributed by atoms with van der Waals surface area (Å²) in [7, 11) is 2.59.